The van der Waals surface area contributed by atoms with E-state index in [9.17, 15) is 13.2 Å². The SMILES string of the molecule is COc1ccc(OC(F)(F)F)cc1[C@@H](C1CCCCC1)N1CCNCC1.Cl.Cl. The largest absolute Gasteiger partial charge is 0.573 e. The maximum atomic E-state index is 12.7. The van der Waals surface area contributed by atoms with E-state index in [4.69, 9.17) is 4.74 Å². The summed E-state index contributed by atoms with van der Waals surface area (Å²) in [6.45, 7) is 3.55. The molecule has 1 aromatic rings. The highest BCUT2D eigenvalue weighted by atomic mass is 35.5. The van der Waals surface area contributed by atoms with E-state index in [1.165, 1.54) is 31.4 Å². The Kier molecular flexibility index (Phi) is 10.2. The van der Waals surface area contributed by atoms with Crippen molar-refractivity contribution in [3.05, 3.63) is 23.8 Å². The standard InChI is InChI=1S/C19H27F3N2O2.2ClH/c1-25-17-8-7-15(26-19(20,21)22)13-16(17)18(14-5-3-2-4-6-14)24-11-9-23-10-12-24;;/h7-8,13-14,18,23H,2-6,9-12H2,1H3;2*1H/t18-;;/m1../s1. The second-order valence-corrected chi connectivity index (χ2v) is 7.08. The van der Waals surface area contributed by atoms with Gasteiger partial charge < -0.3 is 14.8 Å². The number of benzene rings is 1. The van der Waals surface area contributed by atoms with Crippen LogP contribution in [0.15, 0.2) is 18.2 Å². The van der Waals surface area contributed by atoms with Gasteiger partial charge in [0.15, 0.2) is 0 Å². The number of hydrogen-bond donors (Lipinski definition) is 1. The number of nitrogens with zero attached hydrogens (tertiary/aromatic N) is 1. The van der Waals surface area contributed by atoms with Gasteiger partial charge in [0.05, 0.1) is 7.11 Å². The molecule has 4 nitrogen and oxygen atoms in total. The Morgan fingerprint density at radius 2 is 1.71 bits per heavy atom. The summed E-state index contributed by atoms with van der Waals surface area (Å²) < 4.78 is 47.8. The van der Waals surface area contributed by atoms with E-state index in [0.717, 1.165) is 44.6 Å². The molecule has 28 heavy (non-hydrogen) atoms. The molecule has 0 bridgehead atoms. The van der Waals surface area contributed by atoms with Crippen LogP contribution >= 0.6 is 24.8 Å². The smallest absolute Gasteiger partial charge is 0.496 e. The van der Waals surface area contributed by atoms with Crippen molar-refractivity contribution in [2.24, 2.45) is 5.92 Å². The lowest BCUT2D eigenvalue weighted by molar-refractivity contribution is -0.274. The summed E-state index contributed by atoms with van der Waals surface area (Å²) in [7, 11) is 1.57. The van der Waals surface area contributed by atoms with E-state index in [2.05, 4.69) is 15.0 Å². The molecule has 0 radical (unpaired) electrons. The third-order valence-corrected chi connectivity index (χ3v) is 5.39. The number of alkyl halides is 3. The van der Waals surface area contributed by atoms with Gasteiger partial charge >= 0.3 is 6.36 Å². The minimum Gasteiger partial charge on any atom is -0.496 e. The normalized spacial score (nSPS) is 19.9. The van der Waals surface area contributed by atoms with E-state index >= 15 is 0 Å². The third kappa shape index (κ3) is 6.58. The van der Waals surface area contributed by atoms with Crippen LogP contribution in [0.4, 0.5) is 13.2 Å². The van der Waals surface area contributed by atoms with Gasteiger partial charge in [0.25, 0.3) is 0 Å². The van der Waals surface area contributed by atoms with Crippen molar-refractivity contribution >= 4 is 24.8 Å². The topological polar surface area (TPSA) is 33.7 Å². The number of ether oxygens (including phenoxy) is 2. The molecule has 1 saturated heterocycles. The van der Waals surface area contributed by atoms with Crippen LogP contribution in [0.1, 0.15) is 43.7 Å². The number of halogens is 5. The molecule has 1 N–H and O–H groups in total. The summed E-state index contributed by atoms with van der Waals surface area (Å²) in [5, 5.41) is 3.35. The first-order valence-electron chi connectivity index (χ1n) is 9.36. The average molecular weight is 445 g/mol. The number of hydrogen-bond acceptors (Lipinski definition) is 4. The highest BCUT2D eigenvalue weighted by Gasteiger charge is 2.35. The molecule has 3 rings (SSSR count). The van der Waals surface area contributed by atoms with Crippen molar-refractivity contribution in [3.8, 4) is 11.5 Å². The predicted octanol–water partition coefficient (Wildman–Crippen LogP) is 4.96. The Balaban J connectivity index is 0.00000196. The minimum atomic E-state index is -4.69. The highest BCUT2D eigenvalue weighted by Crippen LogP contribution is 2.43. The molecule has 0 amide bonds. The van der Waals surface area contributed by atoms with Crippen LogP contribution in [0.25, 0.3) is 0 Å². The molecule has 1 aliphatic carbocycles. The van der Waals surface area contributed by atoms with E-state index < -0.39 is 6.36 Å². The first kappa shape index (κ1) is 25.1. The molecule has 1 heterocycles. The number of nitrogens with one attached hydrogen (secondary N) is 1. The molecule has 1 aromatic carbocycles. The van der Waals surface area contributed by atoms with E-state index in [0.29, 0.717) is 11.7 Å². The van der Waals surface area contributed by atoms with Crippen molar-refractivity contribution in [2.45, 2.75) is 44.5 Å². The molecule has 1 aliphatic heterocycles. The first-order chi connectivity index (χ1) is 12.5. The fourth-order valence-corrected chi connectivity index (χ4v) is 4.30. The van der Waals surface area contributed by atoms with E-state index in [1.54, 1.807) is 13.2 Å². The molecule has 0 unspecified atom stereocenters. The molecule has 0 aromatic heterocycles. The average Bonchev–Trinajstić information content (AvgIpc) is 2.63. The fraction of sp³-hybridized carbons (Fsp3) is 0.684. The van der Waals surface area contributed by atoms with Gasteiger partial charge in [0.2, 0.25) is 0 Å². The predicted molar refractivity (Wildman–Crippen MR) is 108 cm³/mol. The molecule has 9 heteroatoms. The van der Waals surface area contributed by atoms with Crippen molar-refractivity contribution < 1.29 is 22.6 Å². The molecule has 2 aliphatic rings. The highest BCUT2D eigenvalue weighted by molar-refractivity contribution is 5.85. The van der Waals surface area contributed by atoms with E-state index in [1.807, 2.05) is 0 Å². The monoisotopic (exact) mass is 444 g/mol. The summed E-state index contributed by atoms with van der Waals surface area (Å²) in [5.74, 6) is 0.884. The summed E-state index contributed by atoms with van der Waals surface area (Å²) in [6.07, 6.45) is 1.09. The van der Waals surface area contributed by atoms with Gasteiger partial charge in [-0.2, -0.15) is 0 Å². The van der Waals surface area contributed by atoms with Crippen molar-refractivity contribution in [1.82, 2.24) is 10.2 Å². The first-order valence-corrected chi connectivity index (χ1v) is 9.36. The van der Waals surface area contributed by atoms with E-state index in [-0.39, 0.29) is 36.6 Å². The lowest BCUT2D eigenvalue weighted by atomic mass is 9.79. The Bertz CT molecular complexity index is 575. The van der Waals surface area contributed by atoms with Crippen molar-refractivity contribution in [2.75, 3.05) is 33.3 Å². The summed E-state index contributed by atoms with van der Waals surface area (Å²) in [4.78, 5) is 2.39. The summed E-state index contributed by atoms with van der Waals surface area (Å²) in [5.41, 5.74) is 0.808. The minimum absolute atomic E-state index is 0. The summed E-state index contributed by atoms with van der Waals surface area (Å²) in [6, 6.07) is 4.50. The zero-order valence-corrected chi connectivity index (χ0v) is 17.6. The Morgan fingerprint density at radius 3 is 2.29 bits per heavy atom. The molecule has 2 fully saturated rings. The number of rotatable bonds is 5. The Hall–Kier alpha value is -0.890. The van der Waals surface area contributed by atoms with Gasteiger partial charge in [-0.25, -0.2) is 0 Å². The summed E-state index contributed by atoms with van der Waals surface area (Å²) >= 11 is 0. The van der Waals surface area contributed by atoms with Gasteiger partial charge in [0, 0.05) is 37.8 Å². The second kappa shape index (κ2) is 11.3. The number of methoxy groups -OCH3 is 1. The lowest BCUT2D eigenvalue weighted by Gasteiger charge is -2.41. The van der Waals surface area contributed by atoms with Gasteiger partial charge in [-0.15, -0.1) is 38.0 Å². The van der Waals surface area contributed by atoms with Crippen LogP contribution in [0.2, 0.25) is 0 Å². The maximum absolute atomic E-state index is 12.7. The zero-order valence-electron chi connectivity index (χ0n) is 16.0. The molecular weight excluding hydrogens is 416 g/mol. The van der Waals surface area contributed by atoms with Gasteiger partial charge in [-0.1, -0.05) is 19.3 Å². The van der Waals surface area contributed by atoms with Gasteiger partial charge in [-0.3, -0.25) is 4.90 Å². The molecule has 0 spiro atoms. The molecule has 1 atom stereocenters. The van der Waals surface area contributed by atoms with Crippen LogP contribution in [0.5, 0.6) is 11.5 Å². The molecular formula is C19H29Cl2F3N2O2. The molecule has 1 saturated carbocycles. The lowest BCUT2D eigenvalue weighted by Crippen LogP contribution is -2.47. The third-order valence-electron chi connectivity index (χ3n) is 5.39. The van der Waals surface area contributed by atoms with Crippen LogP contribution in [-0.2, 0) is 0 Å². The van der Waals surface area contributed by atoms with Crippen molar-refractivity contribution in [3.63, 3.8) is 0 Å². The molecule has 162 valence electrons. The van der Waals surface area contributed by atoms with Gasteiger partial charge in [-0.05, 0) is 37.0 Å². The fourth-order valence-electron chi connectivity index (χ4n) is 4.30. The van der Waals surface area contributed by atoms with Crippen LogP contribution in [0.3, 0.4) is 0 Å². The maximum Gasteiger partial charge on any atom is 0.573 e. The zero-order chi connectivity index (χ0) is 18.6. The number of piperazine rings is 1. The van der Waals surface area contributed by atoms with Crippen LogP contribution in [0, 0.1) is 5.92 Å². The second-order valence-electron chi connectivity index (χ2n) is 7.08. The van der Waals surface area contributed by atoms with Gasteiger partial charge in [0.1, 0.15) is 11.5 Å². The van der Waals surface area contributed by atoms with Crippen LogP contribution < -0.4 is 14.8 Å². The van der Waals surface area contributed by atoms with Crippen molar-refractivity contribution in [1.29, 1.82) is 0 Å². The quantitative estimate of drug-likeness (QED) is 0.695. The Morgan fingerprint density at radius 1 is 1.07 bits per heavy atom. The Labute approximate surface area is 177 Å². The van der Waals surface area contributed by atoms with Crippen LogP contribution in [-0.4, -0.2) is 44.6 Å².